The number of carbonyl (C=O) groups excluding carboxylic acids is 1. The summed E-state index contributed by atoms with van der Waals surface area (Å²) in [5.41, 5.74) is 3.57. The van der Waals surface area contributed by atoms with Crippen molar-refractivity contribution in [3.63, 3.8) is 0 Å². The Hall–Kier alpha value is -1.75. The second-order valence-electron chi connectivity index (χ2n) is 2.64. The highest BCUT2D eigenvalue weighted by Crippen LogP contribution is 2.21. The van der Waals surface area contributed by atoms with Crippen LogP contribution in [0.4, 0.5) is 5.69 Å². The van der Waals surface area contributed by atoms with Crippen LogP contribution >= 0.6 is 0 Å². The third kappa shape index (κ3) is 1.94. The topological polar surface area (TPSA) is 76.4 Å². The Morgan fingerprint density at radius 2 is 2.21 bits per heavy atom. The standard InChI is InChI=1S/C9H13N3O2/c1-11-9(13)7-5-6(12-10)3-4-8(7)14-2/h3-5,12H,10H2,1-2H3,(H,11,13). The van der Waals surface area contributed by atoms with E-state index in [1.165, 1.54) is 7.11 Å². The van der Waals surface area contributed by atoms with Crippen LogP contribution in [0.15, 0.2) is 18.2 Å². The quantitative estimate of drug-likeness (QED) is 0.480. The molecule has 0 aliphatic carbocycles. The van der Waals surface area contributed by atoms with E-state index in [0.29, 0.717) is 17.0 Å². The van der Waals surface area contributed by atoms with Crippen molar-refractivity contribution in [3.05, 3.63) is 23.8 Å². The summed E-state index contributed by atoms with van der Waals surface area (Å²) in [4.78, 5) is 11.4. The maximum Gasteiger partial charge on any atom is 0.254 e. The third-order valence-corrected chi connectivity index (χ3v) is 1.84. The largest absolute Gasteiger partial charge is 0.496 e. The molecule has 0 aliphatic heterocycles. The van der Waals surface area contributed by atoms with E-state index in [1.807, 2.05) is 0 Å². The number of nitrogen functional groups attached to an aromatic ring is 1. The Morgan fingerprint density at radius 1 is 1.50 bits per heavy atom. The molecule has 1 rings (SSSR count). The summed E-state index contributed by atoms with van der Waals surface area (Å²) in [5, 5.41) is 2.52. The molecule has 0 aliphatic rings. The van der Waals surface area contributed by atoms with E-state index in [1.54, 1.807) is 25.2 Å². The molecule has 1 aromatic rings. The SMILES string of the molecule is CNC(=O)c1cc(NN)ccc1OC. The number of hydrogen-bond acceptors (Lipinski definition) is 4. The maximum absolute atomic E-state index is 11.4. The number of ether oxygens (including phenoxy) is 1. The average Bonchev–Trinajstić information content (AvgIpc) is 2.27. The van der Waals surface area contributed by atoms with E-state index in [-0.39, 0.29) is 5.91 Å². The Kier molecular flexibility index (Phi) is 3.30. The summed E-state index contributed by atoms with van der Waals surface area (Å²) in [6, 6.07) is 5.03. The summed E-state index contributed by atoms with van der Waals surface area (Å²) >= 11 is 0. The second-order valence-corrected chi connectivity index (χ2v) is 2.64. The normalized spacial score (nSPS) is 9.36. The summed E-state index contributed by atoms with van der Waals surface area (Å²) in [7, 11) is 3.07. The molecule has 4 N–H and O–H groups in total. The molecule has 0 atom stereocenters. The van der Waals surface area contributed by atoms with Gasteiger partial charge >= 0.3 is 0 Å². The van der Waals surface area contributed by atoms with Gasteiger partial charge in [-0.05, 0) is 18.2 Å². The van der Waals surface area contributed by atoms with Crippen LogP contribution in [0, 0.1) is 0 Å². The van der Waals surface area contributed by atoms with Gasteiger partial charge in [0.1, 0.15) is 5.75 Å². The summed E-state index contributed by atoms with van der Waals surface area (Å²) < 4.78 is 5.04. The molecule has 76 valence electrons. The molecule has 5 nitrogen and oxygen atoms in total. The molecule has 0 aromatic heterocycles. The van der Waals surface area contributed by atoms with Gasteiger partial charge in [-0.2, -0.15) is 0 Å². The van der Waals surface area contributed by atoms with Gasteiger partial charge in [-0.3, -0.25) is 10.6 Å². The lowest BCUT2D eigenvalue weighted by atomic mass is 10.1. The number of anilines is 1. The van der Waals surface area contributed by atoms with Gasteiger partial charge in [-0.1, -0.05) is 0 Å². The lowest BCUT2D eigenvalue weighted by molar-refractivity contribution is 0.0960. The number of benzene rings is 1. The monoisotopic (exact) mass is 195 g/mol. The van der Waals surface area contributed by atoms with Crippen molar-refractivity contribution >= 4 is 11.6 Å². The fourth-order valence-electron chi connectivity index (χ4n) is 1.11. The zero-order valence-electron chi connectivity index (χ0n) is 8.13. The molecule has 0 heterocycles. The Bertz CT molecular complexity index is 339. The molecule has 14 heavy (non-hydrogen) atoms. The summed E-state index contributed by atoms with van der Waals surface area (Å²) in [6.45, 7) is 0. The van der Waals surface area contributed by atoms with Crippen molar-refractivity contribution in [1.29, 1.82) is 0 Å². The van der Waals surface area contributed by atoms with Crippen LogP contribution < -0.4 is 21.3 Å². The van der Waals surface area contributed by atoms with Crippen LogP contribution in [0.3, 0.4) is 0 Å². The number of carbonyl (C=O) groups is 1. The molecule has 0 bridgehead atoms. The van der Waals surface area contributed by atoms with Crippen molar-refractivity contribution < 1.29 is 9.53 Å². The summed E-state index contributed by atoms with van der Waals surface area (Å²) in [5.74, 6) is 5.54. The Balaban J connectivity index is 3.14. The van der Waals surface area contributed by atoms with Crippen LogP contribution in [-0.2, 0) is 0 Å². The zero-order valence-corrected chi connectivity index (χ0v) is 8.13. The summed E-state index contributed by atoms with van der Waals surface area (Å²) in [6.07, 6.45) is 0. The fraction of sp³-hybridized carbons (Fsp3) is 0.222. The molecular formula is C9H13N3O2. The molecule has 5 heteroatoms. The second kappa shape index (κ2) is 4.48. The van der Waals surface area contributed by atoms with Gasteiger partial charge in [0.15, 0.2) is 0 Å². The number of nitrogens with one attached hydrogen (secondary N) is 2. The average molecular weight is 195 g/mol. The number of rotatable bonds is 3. The van der Waals surface area contributed by atoms with Crippen molar-refractivity contribution in [2.45, 2.75) is 0 Å². The molecule has 0 radical (unpaired) electrons. The minimum atomic E-state index is -0.209. The number of methoxy groups -OCH3 is 1. The third-order valence-electron chi connectivity index (χ3n) is 1.84. The minimum absolute atomic E-state index is 0.209. The molecule has 0 spiro atoms. The van der Waals surface area contributed by atoms with E-state index in [0.717, 1.165) is 0 Å². The number of hydrazine groups is 1. The number of hydrogen-bond donors (Lipinski definition) is 3. The first kappa shape index (κ1) is 10.3. The fourth-order valence-corrected chi connectivity index (χ4v) is 1.11. The Labute approximate surface area is 82.2 Å². The minimum Gasteiger partial charge on any atom is -0.496 e. The zero-order chi connectivity index (χ0) is 10.6. The smallest absolute Gasteiger partial charge is 0.254 e. The van der Waals surface area contributed by atoms with Crippen LogP contribution in [-0.4, -0.2) is 20.1 Å². The number of nitrogens with two attached hydrogens (primary N) is 1. The molecule has 0 fully saturated rings. The van der Waals surface area contributed by atoms with Crippen molar-refractivity contribution in [1.82, 2.24) is 5.32 Å². The first-order chi connectivity index (χ1) is 6.72. The van der Waals surface area contributed by atoms with Crippen LogP contribution in [0.2, 0.25) is 0 Å². The van der Waals surface area contributed by atoms with Gasteiger partial charge in [0, 0.05) is 12.7 Å². The lowest BCUT2D eigenvalue weighted by Gasteiger charge is -2.08. The highest BCUT2D eigenvalue weighted by Gasteiger charge is 2.10. The van der Waals surface area contributed by atoms with Crippen LogP contribution in [0.5, 0.6) is 5.75 Å². The highest BCUT2D eigenvalue weighted by molar-refractivity contribution is 5.97. The maximum atomic E-state index is 11.4. The first-order valence-electron chi connectivity index (χ1n) is 4.09. The number of amides is 1. The first-order valence-corrected chi connectivity index (χ1v) is 4.09. The molecule has 0 unspecified atom stereocenters. The lowest BCUT2D eigenvalue weighted by Crippen LogP contribution is -2.19. The van der Waals surface area contributed by atoms with Gasteiger partial charge in [0.05, 0.1) is 12.7 Å². The van der Waals surface area contributed by atoms with Gasteiger partial charge in [0.2, 0.25) is 0 Å². The van der Waals surface area contributed by atoms with Crippen molar-refractivity contribution in [3.8, 4) is 5.75 Å². The van der Waals surface area contributed by atoms with E-state index in [9.17, 15) is 4.79 Å². The highest BCUT2D eigenvalue weighted by atomic mass is 16.5. The molecule has 1 aromatic carbocycles. The van der Waals surface area contributed by atoms with Crippen molar-refractivity contribution in [2.24, 2.45) is 5.84 Å². The van der Waals surface area contributed by atoms with E-state index in [2.05, 4.69) is 10.7 Å². The van der Waals surface area contributed by atoms with Crippen molar-refractivity contribution in [2.75, 3.05) is 19.6 Å². The Morgan fingerprint density at radius 3 is 2.71 bits per heavy atom. The van der Waals surface area contributed by atoms with Gasteiger partial charge in [0.25, 0.3) is 5.91 Å². The predicted molar refractivity (Wildman–Crippen MR) is 54.2 cm³/mol. The molecule has 0 saturated heterocycles. The van der Waals surface area contributed by atoms with Gasteiger partial charge in [-0.15, -0.1) is 0 Å². The molecule has 1 amide bonds. The van der Waals surface area contributed by atoms with Gasteiger partial charge < -0.3 is 15.5 Å². The van der Waals surface area contributed by atoms with E-state index >= 15 is 0 Å². The van der Waals surface area contributed by atoms with Gasteiger partial charge in [-0.25, -0.2) is 0 Å². The predicted octanol–water partition coefficient (Wildman–Crippen LogP) is 0.340. The van der Waals surface area contributed by atoms with E-state index in [4.69, 9.17) is 10.6 Å². The van der Waals surface area contributed by atoms with Crippen LogP contribution in [0.25, 0.3) is 0 Å². The van der Waals surface area contributed by atoms with E-state index < -0.39 is 0 Å². The molecular weight excluding hydrogens is 182 g/mol. The van der Waals surface area contributed by atoms with Crippen LogP contribution in [0.1, 0.15) is 10.4 Å². The molecule has 0 saturated carbocycles.